The highest BCUT2D eigenvalue weighted by molar-refractivity contribution is 6.04. The summed E-state index contributed by atoms with van der Waals surface area (Å²) in [6, 6.07) is 8.83. The second kappa shape index (κ2) is 5.62. The van der Waals surface area contributed by atoms with Gasteiger partial charge in [-0.3, -0.25) is 14.4 Å². The van der Waals surface area contributed by atoms with Gasteiger partial charge >= 0.3 is 0 Å². The van der Waals surface area contributed by atoms with Crippen LogP contribution in [0.5, 0.6) is 0 Å². The Labute approximate surface area is 135 Å². The van der Waals surface area contributed by atoms with Crippen LogP contribution < -0.4 is 5.32 Å². The Morgan fingerprint density at radius 2 is 1.91 bits per heavy atom. The molecule has 2 aromatic rings. The van der Waals surface area contributed by atoms with E-state index in [0.717, 1.165) is 37.0 Å². The summed E-state index contributed by atoms with van der Waals surface area (Å²) in [7, 11) is 4.03. The number of piperidine rings is 1. The summed E-state index contributed by atoms with van der Waals surface area (Å²) in [6.07, 6.45) is 1.87. The first-order chi connectivity index (χ1) is 11.1. The van der Waals surface area contributed by atoms with Crippen LogP contribution in [0.15, 0.2) is 24.3 Å². The lowest BCUT2D eigenvalue weighted by molar-refractivity contribution is -0.0670. The van der Waals surface area contributed by atoms with Gasteiger partial charge in [0.2, 0.25) is 0 Å². The van der Waals surface area contributed by atoms with Gasteiger partial charge in [0.05, 0.1) is 18.7 Å². The Morgan fingerprint density at radius 1 is 1.22 bits per heavy atom. The van der Waals surface area contributed by atoms with Gasteiger partial charge in [-0.05, 0) is 26.0 Å². The fourth-order valence-corrected chi connectivity index (χ4v) is 3.85. The second-order valence-electron chi connectivity index (χ2n) is 6.64. The lowest BCUT2D eigenvalue weighted by atomic mass is 9.90. The Morgan fingerprint density at radius 3 is 2.65 bits per heavy atom. The van der Waals surface area contributed by atoms with E-state index in [1.807, 2.05) is 31.3 Å². The maximum Gasteiger partial charge on any atom is 0.272 e. The summed E-state index contributed by atoms with van der Waals surface area (Å²) in [5.41, 5.74) is 1.50. The molecule has 0 saturated carbocycles. The predicted octanol–water partition coefficient (Wildman–Crippen LogP) is 1.16. The summed E-state index contributed by atoms with van der Waals surface area (Å²) >= 11 is 0. The van der Waals surface area contributed by atoms with Gasteiger partial charge in [0.25, 0.3) is 5.91 Å². The molecule has 23 heavy (non-hydrogen) atoms. The van der Waals surface area contributed by atoms with E-state index in [0.29, 0.717) is 17.8 Å². The molecule has 6 heteroatoms. The van der Waals surface area contributed by atoms with Gasteiger partial charge in [-0.15, -0.1) is 0 Å². The number of fused-ring (bicyclic) bond motifs is 3. The van der Waals surface area contributed by atoms with Crippen molar-refractivity contribution in [3.63, 3.8) is 0 Å². The first-order valence-electron chi connectivity index (χ1n) is 8.16. The normalized spacial score (nSPS) is 28.0. The monoisotopic (exact) mass is 314 g/mol. The van der Waals surface area contributed by atoms with Crippen molar-refractivity contribution in [2.75, 3.05) is 20.3 Å². The van der Waals surface area contributed by atoms with Crippen molar-refractivity contribution in [3.05, 3.63) is 30.0 Å². The largest absolute Gasteiger partial charge is 0.378 e. The van der Waals surface area contributed by atoms with Gasteiger partial charge in [0.1, 0.15) is 0 Å². The molecular formula is C17H22N4O2. The number of aromatic nitrogens is 2. The number of carbonyl (C=O) groups excluding carboxylic acids is 1. The molecular weight excluding hydrogens is 292 g/mol. The van der Waals surface area contributed by atoms with Crippen molar-refractivity contribution in [3.8, 4) is 0 Å². The molecule has 2 fully saturated rings. The molecule has 6 nitrogen and oxygen atoms in total. The lowest BCUT2D eigenvalue weighted by Gasteiger charge is -2.46. The molecule has 1 amide bonds. The Bertz CT molecular complexity index is 727. The maximum absolute atomic E-state index is 12.7. The second-order valence-corrected chi connectivity index (χ2v) is 6.64. The molecule has 2 saturated heterocycles. The molecule has 1 aromatic carbocycles. The summed E-state index contributed by atoms with van der Waals surface area (Å²) < 4.78 is 7.40. The summed E-state index contributed by atoms with van der Waals surface area (Å²) in [5.74, 6) is -0.0738. The highest BCUT2D eigenvalue weighted by Crippen LogP contribution is 2.26. The minimum Gasteiger partial charge on any atom is -0.378 e. The Hall–Kier alpha value is -1.92. The number of benzene rings is 1. The first-order valence-corrected chi connectivity index (χ1v) is 8.16. The molecule has 4 rings (SSSR count). The number of carbonyl (C=O) groups is 1. The minimum absolute atomic E-state index is 0.0738. The molecule has 2 aliphatic heterocycles. The molecule has 1 N–H and O–H groups in total. The minimum atomic E-state index is -0.0738. The van der Waals surface area contributed by atoms with Crippen molar-refractivity contribution in [1.82, 2.24) is 20.0 Å². The molecule has 1 aromatic heterocycles. The quantitative estimate of drug-likeness (QED) is 0.904. The van der Waals surface area contributed by atoms with Crippen molar-refractivity contribution in [2.45, 2.75) is 31.0 Å². The smallest absolute Gasteiger partial charge is 0.272 e. The zero-order chi connectivity index (χ0) is 16.0. The molecule has 2 atom stereocenters. The molecule has 0 aliphatic carbocycles. The number of hydrogen-bond acceptors (Lipinski definition) is 4. The van der Waals surface area contributed by atoms with Crippen LogP contribution in [0, 0.1) is 0 Å². The maximum atomic E-state index is 12.7. The molecule has 0 spiro atoms. The van der Waals surface area contributed by atoms with Gasteiger partial charge in [-0.25, -0.2) is 0 Å². The standard InChI is InChI=1S/C17H22N4O2/c1-20-12-7-11(8-13(20)10-23-9-12)18-17(22)16-14-5-3-4-6-15(14)21(2)19-16/h3-6,11-13H,7-10H2,1-2H3,(H,18,22). The van der Waals surface area contributed by atoms with E-state index in [9.17, 15) is 4.79 Å². The highest BCUT2D eigenvalue weighted by atomic mass is 16.5. The summed E-state index contributed by atoms with van der Waals surface area (Å²) in [5, 5.41) is 8.51. The van der Waals surface area contributed by atoms with Gasteiger partial charge in [-0.2, -0.15) is 5.10 Å². The number of amides is 1. The van der Waals surface area contributed by atoms with E-state index >= 15 is 0 Å². The van der Waals surface area contributed by atoms with Gasteiger partial charge < -0.3 is 10.1 Å². The third-order valence-corrected chi connectivity index (χ3v) is 5.19. The van der Waals surface area contributed by atoms with Crippen LogP contribution in [0.3, 0.4) is 0 Å². The van der Waals surface area contributed by atoms with Crippen LogP contribution in [-0.2, 0) is 11.8 Å². The number of nitrogens with one attached hydrogen (secondary N) is 1. The average Bonchev–Trinajstić information content (AvgIpc) is 2.86. The van der Waals surface area contributed by atoms with E-state index in [-0.39, 0.29) is 11.9 Å². The van der Waals surface area contributed by atoms with Crippen molar-refractivity contribution in [1.29, 1.82) is 0 Å². The van der Waals surface area contributed by atoms with E-state index in [1.54, 1.807) is 4.68 Å². The first kappa shape index (κ1) is 14.7. The van der Waals surface area contributed by atoms with Crippen LogP contribution in [0.4, 0.5) is 0 Å². The fourth-order valence-electron chi connectivity index (χ4n) is 3.85. The van der Waals surface area contributed by atoms with E-state index in [2.05, 4.69) is 22.4 Å². The van der Waals surface area contributed by atoms with E-state index in [4.69, 9.17) is 4.74 Å². The van der Waals surface area contributed by atoms with Gasteiger partial charge in [-0.1, -0.05) is 18.2 Å². The fraction of sp³-hybridized carbons (Fsp3) is 0.529. The third kappa shape index (κ3) is 2.52. The lowest BCUT2D eigenvalue weighted by Crippen LogP contribution is -2.59. The van der Waals surface area contributed by atoms with Crippen LogP contribution in [-0.4, -0.2) is 59.0 Å². The van der Waals surface area contributed by atoms with Crippen molar-refractivity contribution >= 4 is 16.8 Å². The zero-order valence-corrected chi connectivity index (χ0v) is 13.5. The number of aryl methyl sites for hydroxylation is 1. The van der Waals surface area contributed by atoms with Crippen LogP contribution in [0.25, 0.3) is 10.9 Å². The number of rotatable bonds is 2. The zero-order valence-electron chi connectivity index (χ0n) is 13.5. The topological polar surface area (TPSA) is 59.4 Å². The molecule has 2 bridgehead atoms. The number of hydrogen-bond donors (Lipinski definition) is 1. The average molecular weight is 314 g/mol. The molecule has 122 valence electrons. The van der Waals surface area contributed by atoms with Crippen molar-refractivity contribution < 1.29 is 9.53 Å². The number of likely N-dealkylation sites (N-methyl/N-ethyl adjacent to an activating group) is 1. The van der Waals surface area contributed by atoms with E-state index in [1.165, 1.54) is 0 Å². The molecule has 2 unspecified atom stereocenters. The predicted molar refractivity (Wildman–Crippen MR) is 87.4 cm³/mol. The SMILES string of the molecule is CN1C2COCC1CC(NC(=O)c1nn(C)c3ccccc13)C2. The van der Waals surface area contributed by atoms with Gasteiger partial charge in [0.15, 0.2) is 5.69 Å². The summed E-state index contributed by atoms with van der Waals surface area (Å²) in [6.45, 7) is 1.51. The Kier molecular flexibility index (Phi) is 3.58. The molecule has 0 radical (unpaired) electrons. The van der Waals surface area contributed by atoms with Crippen LogP contribution in [0.1, 0.15) is 23.3 Å². The van der Waals surface area contributed by atoms with Crippen molar-refractivity contribution in [2.24, 2.45) is 7.05 Å². The third-order valence-electron chi connectivity index (χ3n) is 5.19. The van der Waals surface area contributed by atoms with Gasteiger partial charge in [0, 0.05) is 30.6 Å². The number of para-hydroxylation sites is 1. The number of ether oxygens (including phenoxy) is 1. The van der Waals surface area contributed by atoms with Crippen LogP contribution in [0.2, 0.25) is 0 Å². The highest BCUT2D eigenvalue weighted by Gasteiger charge is 2.37. The molecule has 3 heterocycles. The number of morpholine rings is 1. The van der Waals surface area contributed by atoms with E-state index < -0.39 is 0 Å². The van der Waals surface area contributed by atoms with Crippen LogP contribution >= 0.6 is 0 Å². The Balaban J connectivity index is 1.54. The molecule has 2 aliphatic rings. The number of nitrogens with zero attached hydrogens (tertiary/aromatic N) is 3. The summed E-state index contributed by atoms with van der Waals surface area (Å²) in [4.78, 5) is 15.1.